The second-order valence-electron chi connectivity index (χ2n) is 6.01. The highest BCUT2D eigenvalue weighted by molar-refractivity contribution is 5.95. The summed E-state index contributed by atoms with van der Waals surface area (Å²) < 4.78 is 10.9. The average Bonchev–Trinajstić information content (AvgIpc) is 2.86. The lowest BCUT2D eigenvalue weighted by Crippen LogP contribution is -2.50. The third kappa shape index (κ3) is 1.55. The van der Waals surface area contributed by atoms with Crippen LogP contribution in [0.1, 0.15) is 24.0 Å². The number of ether oxygens (including phenoxy) is 2. The molecule has 0 fully saturated rings. The molecule has 1 atom stereocenters. The number of methoxy groups -OCH3 is 2. The lowest BCUT2D eigenvalue weighted by atomic mass is 9.72. The monoisotopic (exact) mass is 297 g/mol. The summed E-state index contributed by atoms with van der Waals surface area (Å²) in [6, 6.07) is 4.13. The van der Waals surface area contributed by atoms with Crippen LogP contribution < -0.4 is 9.47 Å². The van der Waals surface area contributed by atoms with Gasteiger partial charge in [-0.1, -0.05) is 12.2 Å². The van der Waals surface area contributed by atoms with Crippen LogP contribution in [0.2, 0.25) is 0 Å². The minimum absolute atomic E-state index is 0.127. The quantitative estimate of drug-likeness (QED) is 0.842. The third-order valence-electron chi connectivity index (χ3n) is 5.11. The van der Waals surface area contributed by atoms with E-state index in [9.17, 15) is 4.79 Å². The molecule has 2 aliphatic heterocycles. The van der Waals surface area contributed by atoms with E-state index >= 15 is 0 Å². The molecule has 0 bridgehead atoms. The van der Waals surface area contributed by atoms with Crippen molar-refractivity contribution in [3.8, 4) is 11.5 Å². The fourth-order valence-corrected chi connectivity index (χ4v) is 4.12. The molecule has 3 aliphatic rings. The van der Waals surface area contributed by atoms with Crippen molar-refractivity contribution in [2.45, 2.75) is 24.8 Å². The number of hydrogen-bond acceptors (Lipinski definition) is 3. The van der Waals surface area contributed by atoms with Gasteiger partial charge in [0.2, 0.25) is 5.91 Å². The van der Waals surface area contributed by atoms with Crippen molar-refractivity contribution < 1.29 is 14.3 Å². The van der Waals surface area contributed by atoms with Crippen LogP contribution in [0.25, 0.3) is 0 Å². The van der Waals surface area contributed by atoms with Crippen molar-refractivity contribution >= 4 is 5.91 Å². The fraction of sp³-hybridized carbons (Fsp3) is 0.389. The van der Waals surface area contributed by atoms with E-state index < -0.39 is 0 Å². The highest BCUT2D eigenvalue weighted by Crippen LogP contribution is 2.52. The summed E-state index contributed by atoms with van der Waals surface area (Å²) in [6.45, 7) is 0.759. The summed E-state index contributed by atoms with van der Waals surface area (Å²) in [5.74, 6) is 1.61. The van der Waals surface area contributed by atoms with Gasteiger partial charge in [0.25, 0.3) is 0 Å². The molecule has 1 unspecified atom stereocenters. The highest BCUT2D eigenvalue weighted by atomic mass is 16.5. The number of benzene rings is 1. The smallest absolute Gasteiger partial charge is 0.247 e. The van der Waals surface area contributed by atoms with Crippen LogP contribution in [-0.2, 0) is 16.8 Å². The number of carbonyl (C=O) groups excluding carboxylic acids is 1. The van der Waals surface area contributed by atoms with Gasteiger partial charge in [0.05, 0.1) is 19.8 Å². The van der Waals surface area contributed by atoms with Crippen LogP contribution in [0.5, 0.6) is 11.5 Å². The minimum atomic E-state index is -0.307. The second kappa shape index (κ2) is 4.63. The molecule has 1 aromatic carbocycles. The van der Waals surface area contributed by atoms with Gasteiger partial charge < -0.3 is 14.4 Å². The Morgan fingerprint density at radius 3 is 2.73 bits per heavy atom. The second-order valence-corrected chi connectivity index (χ2v) is 6.01. The molecule has 0 N–H and O–H groups in total. The van der Waals surface area contributed by atoms with E-state index in [2.05, 4.69) is 24.3 Å². The first-order valence-electron chi connectivity index (χ1n) is 7.66. The molecule has 22 heavy (non-hydrogen) atoms. The van der Waals surface area contributed by atoms with Crippen LogP contribution in [0.4, 0.5) is 0 Å². The van der Waals surface area contributed by atoms with Gasteiger partial charge in [-0.15, -0.1) is 0 Å². The number of amides is 1. The van der Waals surface area contributed by atoms with Crippen molar-refractivity contribution in [2.75, 3.05) is 20.8 Å². The van der Waals surface area contributed by atoms with Gasteiger partial charge in [0.1, 0.15) is 0 Å². The van der Waals surface area contributed by atoms with Crippen LogP contribution in [0, 0.1) is 0 Å². The van der Waals surface area contributed by atoms with E-state index in [1.54, 1.807) is 20.3 Å². The molecular formula is C18H19NO3. The third-order valence-corrected chi connectivity index (χ3v) is 5.11. The molecule has 2 heterocycles. The van der Waals surface area contributed by atoms with E-state index in [-0.39, 0.29) is 11.4 Å². The molecule has 4 rings (SSSR count). The van der Waals surface area contributed by atoms with Gasteiger partial charge in [0.15, 0.2) is 11.5 Å². The topological polar surface area (TPSA) is 38.8 Å². The Morgan fingerprint density at radius 1 is 1.18 bits per heavy atom. The van der Waals surface area contributed by atoms with Crippen LogP contribution in [0.15, 0.2) is 35.9 Å². The maximum Gasteiger partial charge on any atom is 0.247 e. The van der Waals surface area contributed by atoms with Gasteiger partial charge in [-0.2, -0.15) is 0 Å². The van der Waals surface area contributed by atoms with Crippen molar-refractivity contribution in [1.29, 1.82) is 0 Å². The molecule has 0 saturated heterocycles. The van der Waals surface area contributed by atoms with Gasteiger partial charge in [-0.3, -0.25) is 4.79 Å². The number of allylic oxidation sites excluding steroid dienone is 1. The van der Waals surface area contributed by atoms with Gasteiger partial charge >= 0.3 is 0 Å². The van der Waals surface area contributed by atoms with Crippen LogP contribution in [0.3, 0.4) is 0 Å². The largest absolute Gasteiger partial charge is 0.493 e. The summed E-state index contributed by atoms with van der Waals surface area (Å²) in [7, 11) is 3.31. The predicted octanol–water partition coefficient (Wildman–Crippen LogP) is 2.57. The molecular weight excluding hydrogens is 278 g/mol. The maximum atomic E-state index is 12.4. The van der Waals surface area contributed by atoms with Crippen molar-refractivity contribution in [2.24, 2.45) is 0 Å². The Balaban J connectivity index is 1.96. The van der Waals surface area contributed by atoms with Crippen molar-refractivity contribution in [3.05, 3.63) is 47.1 Å². The van der Waals surface area contributed by atoms with E-state index in [1.807, 2.05) is 4.90 Å². The van der Waals surface area contributed by atoms with Crippen molar-refractivity contribution in [3.63, 3.8) is 0 Å². The van der Waals surface area contributed by atoms with E-state index in [0.717, 1.165) is 42.9 Å². The Morgan fingerprint density at radius 2 is 1.95 bits per heavy atom. The molecule has 4 heteroatoms. The van der Waals surface area contributed by atoms with E-state index in [0.29, 0.717) is 0 Å². The Labute approximate surface area is 130 Å². The average molecular weight is 297 g/mol. The summed E-state index contributed by atoms with van der Waals surface area (Å²) in [6.07, 6.45) is 8.82. The molecule has 0 radical (unpaired) electrons. The minimum Gasteiger partial charge on any atom is -0.493 e. The molecule has 114 valence electrons. The SMILES string of the molecule is COc1cc2c(cc1OC)C13CCC=CC1=CC(=O)N3CC2. The van der Waals surface area contributed by atoms with E-state index in [4.69, 9.17) is 9.47 Å². The van der Waals surface area contributed by atoms with Gasteiger partial charge in [-0.05, 0) is 48.1 Å². The lowest BCUT2D eigenvalue weighted by Gasteiger charge is -2.46. The van der Waals surface area contributed by atoms with Gasteiger partial charge in [-0.25, -0.2) is 0 Å². The normalized spacial score (nSPS) is 25.3. The zero-order valence-corrected chi connectivity index (χ0v) is 12.9. The summed E-state index contributed by atoms with van der Waals surface area (Å²) in [4.78, 5) is 14.4. The summed E-state index contributed by atoms with van der Waals surface area (Å²) in [5, 5.41) is 0. The zero-order chi connectivity index (χ0) is 15.3. The lowest BCUT2D eigenvalue weighted by molar-refractivity contribution is -0.129. The Hall–Kier alpha value is -2.23. The molecule has 1 amide bonds. The molecule has 4 nitrogen and oxygen atoms in total. The maximum absolute atomic E-state index is 12.4. The number of fused-ring (bicyclic) bond motifs is 1. The predicted molar refractivity (Wildman–Crippen MR) is 83.1 cm³/mol. The van der Waals surface area contributed by atoms with Crippen molar-refractivity contribution in [1.82, 2.24) is 4.90 Å². The first-order valence-corrected chi connectivity index (χ1v) is 7.66. The van der Waals surface area contributed by atoms with E-state index in [1.165, 1.54) is 11.1 Å². The molecule has 1 spiro atoms. The van der Waals surface area contributed by atoms with Gasteiger partial charge in [0, 0.05) is 12.6 Å². The molecule has 0 saturated carbocycles. The molecule has 1 aromatic rings. The first-order chi connectivity index (χ1) is 10.7. The summed E-state index contributed by atoms with van der Waals surface area (Å²) >= 11 is 0. The van der Waals surface area contributed by atoms with Crippen LogP contribution in [-0.4, -0.2) is 31.6 Å². The summed E-state index contributed by atoms with van der Waals surface area (Å²) in [5.41, 5.74) is 3.25. The number of nitrogens with zero attached hydrogens (tertiary/aromatic N) is 1. The van der Waals surface area contributed by atoms with Crippen LogP contribution >= 0.6 is 0 Å². The molecule has 1 aliphatic carbocycles. The highest BCUT2D eigenvalue weighted by Gasteiger charge is 2.51. The number of hydrogen-bond donors (Lipinski definition) is 0. The fourth-order valence-electron chi connectivity index (χ4n) is 4.12. The number of carbonyl (C=O) groups is 1. The number of rotatable bonds is 2. The standard InChI is InChI=1S/C18H19NO3/c1-21-15-9-12-6-8-19-17(20)10-13-5-3-4-7-18(13,19)14(12)11-16(15)22-2/h3,5,9-11H,4,6-8H2,1-2H3. The first kappa shape index (κ1) is 13.4. The molecule has 0 aromatic heterocycles. The zero-order valence-electron chi connectivity index (χ0n) is 12.9. The Kier molecular flexibility index (Phi) is 2.83. The Bertz CT molecular complexity index is 719.